The minimum absolute atomic E-state index is 0.0651. The third kappa shape index (κ3) is 3.84. The van der Waals surface area contributed by atoms with Gasteiger partial charge in [0.1, 0.15) is 0 Å². The number of ether oxygens (including phenoxy) is 1. The van der Waals surface area contributed by atoms with Crippen LogP contribution in [0.4, 0.5) is 11.4 Å². The molecule has 2 aliphatic rings. The zero-order valence-electron chi connectivity index (χ0n) is 13.9. The molecule has 1 aromatic rings. The van der Waals surface area contributed by atoms with Gasteiger partial charge in [0.2, 0.25) is 11.8 Å². The summed E-state index contributed by atoms with van der Waals surface area (Å²) in [7, 11) is 2.04. The van der Waals surface area contributed by atoms with Gasteiger partial charge in [0, 0.05) is 33.2 Å². The van der Waals surface area contributed by atoms with E-state index in [0.717, 1.165) is 17.9 Å². The van der Waals surface area contributed by atoms with E-state index in [1.807, 2.05) is 41.1 Å². The summed E-state index contributed by atoms with van der Waals surface area (Å²) >= 11 is 1.40. The molecule has 0 unspecified atom stereocenters. The average Bonchev–Trinajstić information content (AvgIpc) is 2.63. The number of likely N-dealkylation sites (N-methyl/N-ethyl adjacent to an activating group) is 1. The maximum Gasteiger partial charge on any atom is 0.237 e. The highest BCUT2D eigenvalue weighted by molar-refractivity contribution is 8.00. The van der Waals surface area contributed by atoms with E-state index in [1.54, 1.807) is 0 Å². The van der Waals surface area contributed by atoms with Crippen LogP contribution in [0.1, 0.15) is 0 Å². The summed E-state index contributed by atoms with van der Waals surface area (Å²) < 4.78 is 5.25. The Morgan fingerprint density at radius 2 is 1.67 bits per heavy atom. The van der Waals surface area contributed by atoms with Gasteiger partial charge in [-0.25, -0.2) is 0 Å². The molecule has 0 saturated carbocycles. The maximum atomic E-state index is 12.6. The third-order valence-electron chi connectivity index (χ3n) is 4.36. The van der Waals surface area contributed by atoms with Crippen molar-refractivity contribution in [1.29, 1.82) is 0 Å². The Kier molecular flexibility index (Phi) is 5.63. The molecular formula is C17H23N3O3S. The highest BCUT2D eigenvalue weighted by atomic mass is 32.2. The van der Waals surface area contributed by atoms with E-state index >= 15 is 0 Å². The number of thioether (sulfide) groups is 1. The maximum absolute atomic E-state index is 12.6. The lowest BCUT2D eigenvalue weighted by atomic mass is 10.2. The normalized spacial score (nSPS) is 17.6. The van der Waals surface area contributed by atoms with Crippen molar-refractivity contribution < 1.29 is 14.3 Å². The zero-order valence-corrected chi connectivity index (χ0v) is 14.8. The molecule has 0 aliphatic carbocycles. The predicted octanol–water partition coefficient (Wildman–Crippen LogP) is 1.06. The van der Waals surface area contributed by atoms with E-state index in [-0.39, 0.29) is 11.8 Å². The lowest BCUT2D eigenvalue weighted by Gasteiger charge is -2.35. The van der Waals surface area contributed by atoms with Gasteiger partial charge in [0.25, 0.3) is 0 Å². The summed E-state index contributed by atoms with van der Waals surface area (Å²) in [5.41, 5.74) is 2.03. The number of nitrogens with zero attached hydrogens (tertiary/aromatic N) is 3. The topological polar surface area (TPSA) is 53.1 Å². The summed E-state index contributed by atoms with van der Waals surface area (Å²) in [5, 5.41) is 0. The second-order valence-corrected chi connectivity index (χ2v) is 6.93. The van der Waals surface area contributed by atoms with Gasteiger partial charge in [-0.1, -0.05) is 12.1 Å². The van der Waals surface area contributed by atoms with Gasteiger partial charge in [-0.05, 0) is 12.1 Å². The first kappa shape index (κ1) is 17.1. The largest absolute Gasteiger partial charge is 0.378 e. The number of benzene rings is 1. The zero-order chi connectivity index (χ0) is 16.9. The minimum atomic E-state index is 0.0651. The Morgan fingerprint density at radius 1 is 1.00 bits per heavy atom. The Balaban J connectivity index is 1.52. The molecule has 0 atom stereocenters. The van der Waals surface area contributed by atoms with Crippen LogP contribution >= 0.6 is 11.8 Å². The number of hydrogen-bond acceptors (Lipinski definition) is 5. The van der Waals surface area contributed by atoms with Crippen LogP contribution in [0.15, 0.2) is 24.3 Å². The van der Waals surface area contributed by atoms with Crippen LogP contribution in [-0.2, 0) is 14.3 Å². The molecule has 24 heavy (non-hydrogen) atoms. The van der Waals surface area contributed by atoms with Gasteiger partial charge in [-0.15, -0.1) is 11.8 Å². The first-order valence-corrected chi connectivity index (χ1v) is 9.36. The van der Waals surface area contributed by atoms with Crippen LogP contribution in [0.3, 0.4) is 0 Å². The van der Waals surface area contributed by atoms with Crippen molar-refractivity contribution in [3.05, 3.63) is 24.3 Å². The van der Waals surface area contributed by atoms with E-state index in [4.69, 9.17) is 4.74 Å². The SMILES string of the molecule is CN1CCN(C(=O)CSCC(=O)N2CCOCC2)c2ccccc21. The summed E-state index contributed by atoms with van der Waals surface area (Å²) in [5.74, 6) is 0.833. The molecule has 0 N–H and O–H groups in total. The number of morpholine rings is 1. The first-order valence-electron chi connectivity index (χ1n) is 8.20. The molecule has 1 saturated heterocycles. The number of fused-ring (bicyclic) bond motifs is 1. The summed E-state index contributed by atoms with van der Waals surface area (Å²) in [6, 6.07) is 7.95. The van der Waals surface area contributed by atoms with Crippen molar-refractivity contribution in [3.8, 4) is 0 Å². The smallest absolute Gasteiger partial charge is 0.237 e. The van der Waals surface area contributed by atoms with Gasteiger partial charge in [0.05, 0.1) is 36.1 Å². The molecule has 0 spiro atoms. The van der Waals surface area contributed by atoms with Gasteiger partial charge >= 0.3 is 0 Å². The molecule has 1 aromatic carbocycles. The minimum Gasteiger partial charge on any atom is -0.378 e. The number of para-hydroxylation sites is 2. The van der Waals surface area contributed by atoms with Gasteiger partial charge in [-0.2, -0.15) is 0 Å². The molecule has 0 radical (unpaired) electrons. The molecule has 2 aliphatic heterocycles. The summed E-state index contributed by atoms with van der Waals surface area (Å²) in [6.45, 7) is 4.02. The Labute approximate surface area is 146 Å². The van der Waals surface area contributed by atoms with Gasteiger partial charge in [0.15, 0.2) is 0 Å². The van der Waals surface area contributed by atoms with Gasteiger partial charge in [-0.3, -0.25) is 9.59 Å². The Bertz CT molecular complexity index is 604. The van der Waals surface area contributed by atoms with E-state index < -0.39 is 0 Å². The van der Waals surface area contributed by atoms with Crippen molar-refractivity contribution in [2.45, 2.75) is 0 Å². The fourth-order valence-corrected chi connectivity index (χ4v) is 3.76. The highest BCUT2D eigenvalue weighted by Crippen LogP contribution is 2.32. The van der Waals surface area contributed by atoms with Crippen LogP contribution in [0.2, 0.25) is 0 Å². The van der Waals surface area contributed by atoms with Crippen molar-refractivity contribution in [2.75, 3.05) is 67.7 Å². The molecule has 2 heterocycles. The number of carbonyl (C=O) groups excluding carboxylic acids is 2. The second kappa shape index (κ2) is 7.90. The lowest BCUT2D eigenvalue weighted by Crippen LogP contribution is -2.44. The fraction of sp³-hybridized carbons (Fsp3) is 0.529. The predicted molar refractivity (Wildman–Crippen MR) is 96.8 cm³/mol. The fourth-order valence-electron chi connectivity index (χ4n) is 2.97. The second-order valence-electron chi connectivity index (χ2n) is 5.94. The number of amides is 2. The van der Waals surface area contributed by atoms with E-state index in [2.05, 4.69) is 4.90 Å². The van der Waals surface area contributed by atoms with Crippen LogP contribution < -0.4 is 9.80 Å². The molecular weight excluding hydrogens is 326 g/mol. The van der Waals surface area contributed by atoms with E-state index in [1.165, 1.54) is 11.8 Å². The summed E-state index contributed by atoms with van der Waals surface area (Å²) in [6.07, 6.45) is 0. The molecule has 3 rings (SSSR count). The van der Waals surface area contributed by atoms with Crippen LogP contribution in [0.5, 0.6) is 0 Å². The number of rotatable bonds is 4. The lowest BCUT2D eigenvalue weighted by molar-refractivity contribution is -0.132. The number of hydrogen-bond donors (Lipinski definition) is 0. The Morgan fingerprint density at radius 3 is 2.42 bits per heavy atom. The van der Waals surface area contributed by atoms with E-state index in [9.17, 15) is 9.59 Å². The first-order chi connectivity index (χ1) is 11.7. The van der Waals surface area contributed by atoms with Crippen molar-refractivity contribution in [3.63, 3.8) is 0 Å². The van der Waals surface area contributed by atoms with Gasteiger partial charge < -0.3 is 19.4 Å². The number of carbonyl (C=O) groups is 2. The average molecular weight is 349 g/mol. The monoisotopic (exact) mass is 349 g/mol. The number of anilines is 2. The molecule has 2 amide bonds. The molecule has 1 fully saturated rings. The third-order valence-corrected chi connectivity index (χ3v) is 5.26. The van der Waals surface area contributed by atoms with Crippen molar-refractivity contribution >= 4 is 35.0 Å². The molecule has 130 valence electrons. The molecule has 0 bridgehead atoms. The summed E-state index contributed by atoms with van der Waals surface area (Å²) in [4.78, 5) is 30.5. The standard InChI is InChI=1S/C17H23N3O3S/c1-18-6-7-20(15-5-3-2-4-14(15)18)17(22)13-24-12-16(21)19-8-10-23-11-9-19/h2-5H,6-13H2,1H3. The van der Waals surface area contributed by atoms with Crippen LogP contribution in [-0.4, -0.2) is 74.7 Å². The molecule has 7 heteroatoms. The highest BCUT2D eigenvalue weighted by Gasteiger charge is 2.25. The quantitative estimate of drug-likeness (QED) is 0.814. The Hall–Kier alpha value is -1.73. The molecule has 6 nitrogen and oxygen atoms in total. The van der Waals surface area contributed by atoms with Crippen LogP contribution in [0.25, 0.3) is 0 Å². The molecule has 0 aromatic heterocycles. The van der Waals surface area contributed by atoms with E-state index in [0.29, 0.717) is 44.4 Å². The van der Waals surface area contributed by atoms with Crippen LogP contribution in [0, 0.1) is 0 Å². The van der Waals surface area contributed by atoms with Crippen molar-refractivity contribution in [1.82, 2.24) is 4.90 Å². The van der Waals surface area contributed by atoms with Crippen molar-refractivity contribution in [2.24, 2.45) is 0 Å².